The SMILES string of the molecule is C=C1[n+]2ccccc2-c2cc(-n3cc(-c4cc(-c5ccc6ccccc6c5)cc(-c5ccc6ccccc6c5)c4)nn3)sc2C1(CC)CC. The monoisotopic (exact) mass is 651 g/mol. The Morgan fingerprint density at radius 2 is 1.24 bits per heavy atom. The second kappa shape index (κ2) is 11.5. The van der Waals surface area contributed by atoms with Gasteiger partial charge in [-0.1, -0.05) is 91.9 Å². The number of thiophene rings is 1. The van der Waals surface area contributed by atoms with Gasteiger partial charge in [0, 0.05) is 22.6 Å². The Balaban J connectivity index is 1.18. The fourth-order valence-electron chi connectivity index (χ4n) is 7.63. The van der Waals surface area contributed by atoms with Gasteiger partial charge in [-0.2, -0.15) is 4.57 Å². The summed E-state index contributed by atoms with van der Waals surface area (Å²) >= 11 is 1.81. The van der Waals surface area contributed by atoms with Gasteiger partial charge in [0.25, 0.3) is 0 Å². The number of benzene rings is 5. The maximum Gasteiger partial charge on any atom is 0.219 e. The van der Waals surface area contributed by atoms with E-state index in [0.29, 0.717) is 0 Å². The van der Waals surface area contributed by atoms with Crippen molar-refractivity contribution in [2.75, 3.05) is 0 Å². The van der Waals surface area contributed by atoms with E-state index in [0.717, 1.165) is 45.9 Å². The highest BCUT2D eigenvalue weighted by atomic mass is 32.1. The summed E-state index contributed by atoms with van der Waals surface area (Å²) in [7, 11) is 0. The molecule has 0 unspecified atom stereocenters. The quantitative estimate of drug-likeness (QED) is 0.168. The van der Waals surface area contributed by atoms with Crippen molar-refractivity contribution in [2.45, 2.75) is 32.1 Å². The fraction of sp³-hybridized carbons (Fsp3) is 0.114. The first-order chi connectivity index (χ1) is 24.0. The predicted molar refractivity (Wildman–Crippen MR) is 204 cm³/mol. The average Bonchev–Trinajstić information content (AvgIpc) is 3.84. The van der Waals surface area contributed by atoms with E-state index in [1.165, 1.54) is 48.8 Å². The van der Waals surface area contributed by atoms with Gasteiger partial charge in [-0.25, -0.2) is 4.68 Å². The van der Waals surface area contributed by atoms with Crippen LogP contribution in [0.25, 0.3) is 77.0 Å². The molecule has 0 atom stereocenters. The lowest BCUT2D eigenvalue weighted by Gasteiger charge is -2.33. The molecule has 0 spiro atoms. The van der Waals surface area contributed by atoms with Gasteiger partial charge in [-0.15, -0.1) is 16.4 Å². The molecule has 0 amide bonds. The van der Waals surface area contributed by atoms with Crippen LogP contribution >= 0.6 is 11.3 Å². The van der Waals surface area contributed by atoms with Crippen LogP contribution in [0.15, 0.2) is 146 Å². The summed E-state index contributed by atoms with van der Waals surface area (Å²) in [5, 5.41) is 15.5. The zero-order valence-electron chi connectivity index (χ0n) is 27.6. The second-order valence-electron chi connectivity index (χ2n) is 13.0. The summed E-state index contributed by atoms with van der Waals surface area (Å²) in [6, 6.07) is 45.9. The highest BCUT2D eigenvalue weighted by Crippen LogP contribution is 2.50. The first-order valence-corrected chi connectivity index (χ1v) is 17.8. The van der Waals surface area contributed by atoms with Crippen LogP contribution in [-0.4, -0.2) is 15.0 Å². The molecular weight excluding hydrogens is 617 g/mol. The number of fused-ring (bicyclic) bond motifs is 5. The molecule has 236 valence electrons. The molecule has 5 aromatic carbocycles. The van der Waals surface area contributed by atoms with Crippen LogP contribution in [0.1, 0.15) is 31.6 Å². The van der Waals surface area contributed by atoms with E-state index in [4.69, 9.17) is 10.3 Å². The van der Waals surface area contributed by atoms with Crippen LogP contribution in [-0.2, 0) is 5.41 Å². The van der Waals surface area contributed by atoms with Crippen molar-refractivity contribution in [1.29, 1.82) is 0 Å². The molecule has 9 rings (SSSR count). The lowest BCUT2D eigenvalue weighted by atomic mass is 9.74. The molecule has 5 heteroatoms. The number of hydrogen-bond acceptors (Lipinski definition) is 3. The molecule has 4 nitrogen and oxygen atoms in total. The average molecular weight is 652 g/mol. The van der Waals surface area contributed by atoms with E-state index in [2.05, 4.69) is 165 Å². The van der Waals surface area contributed by atoms with Gasteiger partial charge in [-0.3, -0.25) is 0 Å². The normalized spacial score (nSPS) is 13.5. The molecule has 4 heterocycles. The lowest BCUT2D eigenvalue weighted by molar-refractivity contribution is -0.577. The van der Waals surface area contributed by atoms with Crippen molar-refractivity contribution in [3.63, 3.8) is 0 Å². The standard InChI is InChI=1S/C44H35N4S/c1-4-44(5-2)29(3)47-21-11-10-16-41(47)39-27-42(49-43(39)44)48-28-40(45-46-48)38-25-36(34-19-17-30-12-6-8-14-32(30)22-34)24-37(26-38)35-20-18-31-13-7-9-15-33(31)23-35/h6-28H,3-5H2,1-2H3/q+1. The molecule has 0 fully saturated rings. The maximum absolute atomic E-state index is 4.77. The minimum absolute atomic E-state index is 0.121. The van der Waals surface area contributed by atoms with Gasteiger partial charge in [0.1, 0.15) is 10.7 Å². The Bertz CT molecular complexity index is 2470. The maximum atomic E-state index is 4.77. The number of nitrogens with zero attached hydrogens (tertiary/aromatic N) is 4. The number of pyridine rings is 1. The number of allylic oxidation sites excluding steroid dienone is 1. The Kier molecular flexibility index (Phi) is 6.92. The second-order valence-corrected chi connectivity index (χ2v) is 14.0. The zero-order chi connectivity index (χ0) is 33.1. The van der Waals surface area contributed by atoms with Gasteiger partial charge in [0.05, 0.1) is 17.2 Å². The van der Waals surface area contributed by atoms with E-state index in [1.807, 2.05) is 16.0 Å². The van der Waals surface area contributed by atoms with Crippen molar-refractivity contribution in [2.24, 2.45) is 0 Å². The van der Waals surface area contributed by atoms with Crippen LogP contribution in [0.3, 0.4) is 0 Å². The van der Waals surface area contributed by atoms with Gasteiger partial charge in [0.15, 0.2) is 11.9 Å². The number of aromatic nitrogens is 4. The zero-order valence-corrected chi connectivity index (χ0v) is 28.4. The summed E-state index contributed by atoms with van der Waals surface area (Å²) in [5.74, 6) is 0. The van der Waals surface area contributed by atoms with Crippen LogP contribution in [0.5, 0.6) is 0 Å². The molecule has 3 aromatic heterocycles. The summed E-state index contributed by atoms with van der Waals surface area (Å²) in [4.78, 5) is 1.36. The largest absolute Gasteiger partial charge is 0.219 e. The Morgan fingerprint density at radius 1 is 0.653 bits per heavy atom. The van der Waals surface area contributed by atoms with Gasteiger partial charge in [0.2, 0.25) is 5.69 Å². The summed E-state index contributed by atoms with van der Waals surface area (Å²) in [6.45, 7) is 9.16. The van der Waals surface area contributed by atoms with Crippen molar-refractivity contribution in [1.82, 2.24) is 15.0 Å². The predicted octanol–water partition coefficient (Wildman–Crippen LogP) is 11.1. The minimum atomic E-state index is -0.121. The van der Waals surface area contributed by atoms with Gasteiger partial charge in [-0.05, 0) is 106 Å². The minimum Gasteiger partial charge on any atom is -0.210 e. The van der Waals surface area contributed by atoms with Gasteiger partial charge >= 0.3 is 0 Å². The molecule has 1 aliphatic rings. The topological polar surface area (TPSA) is 34.6 Å². The fourth-order valence-corrected chi connectivity index (χ4v) is 9.07. The molecule has 1 aliphatic heterocycles. The van der Waals surface area contributed by atoms with E-state index < -0.39 is 0 Å². The van der Waals surface area contributed by atoms with E-state index in [-0.39, 0.29) is 5.41 Å². The van der Waals surface area contributed by atoms with Crippen LogP contribution in [0.2, 0.25) is 0 Å². The third-order valence-electron chi connectivity index (χ3n) is 10.5. The number of hydrogen-bond donors (Lipinski definition) is 0. The Hall–Kier alpha value is -5.65. The van der Waals surface area contributed by atoms with Crippen molar-refractivity contribution < 1.29 is 4.57 Å². The Labute approximate surface area is 290 Å². The molecule has 0 saturated heterocycles. The van der Waals surface area contributed by atoms with E-state index in [9.17, 15) is 0 Å². The first-order valence-electron chi connectivity index (χ1n) is 17.0. The molecule has 0 aliphatic carbocycles. The third kappa shape index (κ3) is 4.76. The van der Waals surface area contributed by atoms with Gasteiger partial charge < -0.3 is 0 Å². The Morgan fingerprint density at radius 3 is 1.88 bits per heavy atom. The van der Waals surface area contributed by atoms with E-state index >= 15 is 0 Å². The molecular formula is C44H35N4S+. The van der Waals surface area contributed by atoms with Crippen LogP contribution in [0.4, 0.5) is 0 Å². The smallest absolute Gasteiger partial charge is 0.210 e. The third-order valence-corrected chi connectivity index (χ3v) is 11.8. The highest BCUT2D eigenvalue weighted by Gasteiger charge is 2.47. The van der Waals surface area contributed by atoms with E-state index in [1.54, 1.807) is 0 Å². The molecule has 8 aromatic rings. The highest BCUT2D eigenvalue weighted by molar-refractivity contribution is 7.15. The molecule has 0 N–H and O–H groups in total. The lowest BCUT2D eigenvalue weighted by Crippen LogP contribution is -2.47. The van der Waals surface area contributed by atoms with Crippen molar-refractivity contribution in [3.8, 4) is 49.8 Å². The summed E-state index contributed by atoms with van der Waals surface area (Å²) in [5.41, 5.74) is 9.96. The molecule has 0 bridgehead atoms. The number of rotatable bonds is 6. The van der Waals surface area contributed by atoms with Crippen LogP contribution < -0.4 is 4.57 Å². The summed E-state index contributed by atoms with van der Waals surface area (Å²) < 4.78 is 4.22. The van der Waals surface area contributed by atoms with Crippen LogP contribution in [0, 0.1) is 0 Å². The molecule has 49 heavy (non-hydrogen) atoms. The molecule has 0 saturated carbocycles. The summed E-state index contributed by atoms with van der Waals surface area (Å²) in [6.07, 6.45) is 6.19. The van der Waals surface area contributed by atoms with Crippen molar-refractivity contribution in [3.05, 3.63) is 151 Å². The first kappa shape index (κ1) is 29.5. The van der Waals surface area contributed by atoms with Crippen molar-refractivity contribution >= 4 is 38.6 Å². The molecule has 0 radical (unpaired) electrons.